The van der Waals surface area contributed by atoms with E-state index in [0.717, 1.165) is 23.6 Å². The molecule has 0 spiro atoms. The smallest absolute Gasteiger partial charge is 0.0447 e. The van der Waals surface area contributed by atoms with Crippen LogP contribution in [-0.2, 0) is 0 Å². The first kappa shape index (κ1) is 10.5. The number of rotatable bonds is 4. The normalized spacial score (nSPS) is 13.4. The summed E-state index contributed by atoms with van der Waals surface area (Å²) < 4.78 is 0. The van der Waals surface area contributed by atoms with E-state index in [2.05, 4.69) is 24.2 Å². The Kier molecular flexibility index (Phi) is 5.94. The molecule has 0 fully saturated rings. The summed E-state index contributed by atoms with van der Waals surface area (Å²) in [6.07, 6.45) is 4.70. The van der Waals surface area contributed by atoms with E-state index < -0.39 is 0 Å². The number of thiol groups is 1. The van der Waals surface area contributed by atoms with E-state index in [1.807, 2.05) is 26.0 Å². The summed E-state index contributed by atoms with van der Waals surface area (Å²) in [6.45, 7) is 8.41. The van der Waals surface area contributed by atoms with E-state index in [9.17, 15) is 0 Å². The maximum Gasteiger partial charge on any atom is 0.0447 e. The van der Waals surface area contributed by atoms with Crippen LogP contribution >= 0.6 is 12.6 Å². The molecule has 0 atom stereocenters. The first-order chi connectivity index (χ1) is 5.22. The molecule has 0 amide bonds. The Morgan fingerprint density at radius 3 is 2.73 bits per heavy atom. The molecule has 1 nitrogen and oxygen atoms in total. The van der Waals surface area contributed by atoms with Gasteiger partial charge >= 0.3 is 0 Å². The minimum atomic E-state index is 0.817. The Hall–Kier alpha value is -0.500. The van der Waals surface area contributed by atoms with Crippen molar-refractivity contribution >= 4 is 18.3 Å². The van der Waals surface area contributed by atoms with E-state index in [1.54, 1.807) is 0 Å². The van der Waals surface area contributed by atoms with Crippen molar-refractivity contribution in [1.82, 2.24) is 0 Å². The fourth-order valence-electron chi connectivity index (χ4n) is 0.661. The van der Waals surface area contributed by atoms with Crippen LogP contribution in [0.5, 0.6) is 0 Å². The maximum atomic E-state index is 4.28. The highest BCUT2D eigenvalue weighted by atomic mass is 32.1. The van der Waals surface area contributed by atoms with Crippen LogP contribution in [0.4, 0.5) is 0 Å². The Bertz CT molecular complexity index is 180. The van der Waals surface area contributed by atoms with Gasteiger partial charge in [0.15, 0.2) is 0 Å². The molecule has 0 aromatic heterocycles. The summed E-state index contributed by atoms with van der Waals surface area (Å²) in [5, 5.41) is 0. The van der Waals surface area contributed by atoms with Gasteiger partial charge in [-0.05, 0) is 20.3 Å². The monoisotopic (exact) mass is 169 g/mol. The molecule has 0 radical (unpaired) electrons. The van der Waals surface area contributed by atoms with Crippen LogP contribution < -0.4 is 0 Å². The molecular weight excluding hydrogens is 154 g/mol. The van der Waals surface area contributed by atoms with Crippen LogP contribution in [0.1, 0.15) is 20.3 Å². The average molecular weight is 169 g/mol. The SMILES string of the molecule is C=CC/C=C(/S)C(C)=NCC. The maximum absolute atomic E-state index is 4.28. The van der Waals surface area contributed by atoms with Gasteiger partial charge in [-0.2, -0.15) is 0 Å². The molecule has 0 aromatic carbocycles. The summed E-state index contributed by atoms with van der Waals surface area (Å²) >= 11 is 4.28. The van der Waals surface area contributed by atoms with Crippen LogP contribution in [-0.4, -0.2) is 12.3 Å². The molecule has 0 bridgehead atoms. The number of aliphatic imine (C=N–C) groups is 1. The topological polar surface area (TPSA) is 12.4 Å². The van der Waals surface area contributed by atoms with Crippen molar-refractivity contribution in [3.63, 3.8) is 0 Å². The zero-order valence-corrected chi connectivity index (χ0v) is 8.06. The van der Waals surface area contributed by atoms with Crippen molar-refractivity contribution < 1.29 is 0 Å². The van der Waals surface area contributed by atoms with Crippen LogP contribution in [0.25, 0.3) is 0 Å². The van der Waals surface area contributed by atoms with Gasteiger partial charge in [0.25, 0.3) is 0 Å². The fourth-order valence-corrected chi connectivity index (χ4v) is 0.837. The molecule has 0 saturated heterocycles. The number of hydrogen-bond acceptors (Lipinski definition) is 2. The van der Waals surface area contributed by atoms with Crippen molar-refractivity contribution in [1.29, 1.82) is 0 Å². The quantitative estimate of drug-likeness (QED) is 0.377. The molecule has 0 saturated carbocycles. The fraction of sp³-hybridized carbons (Fsp3) is 0.444. The summed E-state index contributed by atoms with van der Waals surface area (Å²) in [5.41, 5.74) is 0.998. The number of nitrogens with zero attached hydrogens (tertiary/aromatic N) is 1. The molecule has 62 valence electrons. The van der Waals surface area contributed by atoms with Crippen LogP contribution in [0.15, 0.2) is 28.6 Å². The third-order valence-electron chi connectivity index (χ3n) is 1.24. The minimum Gasteiger partial charge on any atom is -0.289 e. The lowest BCUT2D eigenvalue weighted by atomic mass is 10.3. The molecule has 0 heterocycles. The minimum absolute atomic E-state index is 0.817. The van der Waals surface area contributed by atoms with Crippen LogP contribution in [0, 0.1) is 0 Å². The average Bonchev–Trinajstić information content (AvgIpc) is 2.00. The molecule has 0 aromatic rings. The number of allylic oxidation sites excluding steroid dienone is 3. The molecule has 0 aliphatic carbocycles. The molecule has 0 aliphatic heterocycles. The standard InChI is InChI=1S/C9H15NS/c1-4-6-7-9(11)8(3)10-5-2/h4,7,11H,1,5-6H2,2-3H3/b9-7+,10-8?. The molecule has 0 rings (SSSR count). The van der Waals surface area contributed by atoms with Gasteiger partial charge in [0.2, 0.25) is 0 Å². The second-order valence-corrected chi connectivity index (χ2v) is 2.66. The van der Waals surface area contributed by atoms with E-state index in [-0.39, 0.29) is 0 Å². The zero-order valence-electron chi connectivity index (χ0n) is 7.17. The molecule has 2 heteroatoms. The van der Waals surface area contributed by atoms with Gasteiger partial charge < -0.3 is 0 Å². The summed E-state index contributed by atoms with van der Waals surface area (Å²) in [5.74, 6) is 0. The Morgan fingerprint density at radius 2 is 2.27 bits per heavy atom. The van der Waals surface area contributed by atoms with Crippen molar-refractivity contribution in [2.75, 3.05) is 6.54 Å². The predicted octanol–water partition coefficient (Wildman–Crippen LogP) is 2.86. The lowest BCUT2D eigenvalue weighted by Gasteiger charge is -1.96. The molecule has 0 aliphatic rings. The highest BCUT2D eigenvalue weighted by Gasteiger charge is 1.91. The summed E-state index contributed by atoms with van der Waals surface area (Å²) in [7, 11) is 0. The van der Waals surface area contributed by atoms with Gasteiger partial charge in [-0.1, -0.05) is 12.2 Å². The lowest BCUT2D eigenvalue weighted by molar-refractivity contribution is 1.13. The van der Waals surface area contributed by atoms with Gasteiger partial charge in [-0.25, -0.2) is 0 Å². The third kappa shape index (κ3) is 4.85. The Balaban J connectivity index is 4.10. The van der Waals surface area contributed by atoms with Crippen molar-refractivity contribution in [3.8, 4) is 0 Å². The van der Waals surface area contributed by atoms with Gasteiger partial charge in [-0.15, -0.1) is 19.2 Å². The van der Waals surface area contributed by atoms with Crippen molar-refractivity contribution in [3.05, 3.63) is 23.6 Å². The van der Waals surface area contributed by atoms with Crippen LogP contribution in [0.2, 0.25) is 0 Å². The summed E-state index contributed by atoms with van der Waals surface area (Å²) in [4.78, 5) is 5.17. The largest absolute Gasteiger partial charge is 0.289 e. The van der Waals surface area contributed by atoms with E-state index in [4.69, 9.17) is 0 Å². The van der Waals surface area contributed by atoms with Crippen LogP contribution in [0.3, 0.4) is 0 Å². The van der Waals surface area contributed by atoms with Gasteiger partial charge in [0.1, 0.15) is 0 Å². The summed E-state index contributed by atoms with van der Waals surface area (Å²) in [6, 6.07) is 0. The van der Waals surface area contributed by atoms with Gasteiger partial charge in [0, 0.05) is 17.2 Å². The van der Waals surface area contributed by atoms with E-state index >= 15 is 0 Å². The van der Waals surface area contributed by atoms with E-state index in [1.165, 1.54) is 0 Å². The molecule has 11 heavy (non-hydrogen) atoms. The molecular formula is C9H15NS. The van der Waals surface area contributed by atoms with E-state index in [0.29, 0.717) is 0 Å². The lowest BCUT2D eigenvalue weighted by Crippen LogP contribution is -1.91. The first-order valence-corrected chi connectivity index (χ1v) is 4.18. The first-order valence-electron chi connectivity index (χ1n) is 3.73. The second-order valence-electron chi connectivity index (χ2n) is 2.17. The molecule has 0 unspecified atom stereocenters. The highest BCUT2D eigenvalue weighted by molar-refractivity contribution is 7.85. The second kappa shape index (κ2) is 6.23. The van der Waals surface area contributed by atoms with Crippen molar-refractivity contribution in [2.45, 2.75) is 20.3 Å². The van der Waals surface area contributed by atoms with Gasteiger partial charge in [0.05, 0.1) is 0 Å². The highest BCUT2D eigenvalue weighted by Crippen LogP contribution is 2.05. The zero-order chi connectivity index (χ0) is 8.69. The Morgan fingerprint density at radius 1 is 1.64 bits per heavy atom. The predicted molar refractivity (Wildman–Crippen MR) is 55.5 cm³/mol. The van der Waals surface area contributed by atoms with Gasteiger partial charge in [-0.3, -0.25) is 4.99 Å². The third-order valence-corrected chi connectivity index (χ3v) is 1.75. The van der Waals surface area contributed by atoms with Crippen molar-refractivity contribution in [2.24, 2.45) is 4.99 Å². The Labute approximate surface area is 74.3 Å². The molecule has 0 N–H and O–H groups in total. The number of hydrogen-bond donors (Lipinski definition) is 1.